The third-order valence-electron chi connectivity index (χ3n) is 7.35. The van der Waals surface area contributed by atoms with E-state index in [1.54, 1.807) is 20.8 Å². The highest BCUT2D eigenvalue weighted by molar-refractivity contribution is 5.75. The van der Waals surface area contributed by atoms with Crippen molar-refractivity contribution < 1.29 is 43.2 Å². The molecule has 0 aromatic heterocycles. The Balaban J connectivity index is 0.000000712. The summed E-state index contributed by atoms with van der Waals surface area (Å²) in [6, 6.07) is 0. The Morgan fingerprint density at radius 3 is 1.80 bits per heavy atom. The predicted molar refractivity (Wildman–Crippen MR) is 158 cm³/mol. The Kier molecular flexibility index (Phi) is 21.8. The minimum absolute atomic E-state index is 0.0513. The zero-order chi connectivity index (χ0) is 31.2. The van der Waals surface area contributed by atoms with Crippen LogP contribution in [0.4, 0.5) is 0 Å². The van der Waals surface area contributed by atoms with Crippen molar-refractivity contribution in [3.05, 3.63) is 11.6 Å². The van der Waals surface area contributed by atoms with Gasteiger partial charge in [0.05, 0.1) is 11.8 Å². The first-order valence-electron chi connectivity index (χ1n) is 15.5. The van der Waals surface area contributed by atoms with Gasteiger partial charge in [-0.25, -0.2) is 0 Å². The number of ether oxygens (including phenoxy) is 4. The number of aliphatic hydroxyl groups is 1. The van der Waals surface area contributed by atoms with Gasteiger partial charge in [-0.2, -0.15) is 0 Å². The molecule has 2 aliphatic carbocycles. The average molecular weight is 585 g/mol. The standard InChI is InChI=1S/C15H26O4.C15H24O4.C2H6O/c2*1-4-14(16)18-8-9-19-15(17)12(3)13-7-5-6-11(2)10-13;1-2-3/h11-13H,4-10H2,1-3H3;10-12H,4-9H2,1-3H3;3H,2H2,1H3. The van der Waals surface area contributed by atoms with E-state index in [9.17, 15) is 19.2 Å². The predicted octanol–water partition coefficient (Wildman–Crippen LogP) is 5.81. The SMILES string of the molecule is CCC(=O)OCCOC(=O)C(C)C1=CC(C)CCC1.CCC(=O)OCCOC(=O)C(C)C1CCCC(C)C1.CCO. The molecule has 0 radical (unpaired) electrons. The Morgan fingerprint density at radius 1 is 0.805 bits per heavy atom. The van der Waals surface area contributed by atoms with E-state index < -0.39 is 0 Å². The highest BCUT2D eigenvalue weighted by Crippen LogP contribution is 2.34. The number of aliphatic hydroxyl groups excluding tert-OH is 1. The van der Waals surface area contributed by atoms with Crippen molar-refractivity contribution >= 4 is 23.9 Å². The molecule has 0 bridgehead atoms. The van der Waals surface area contributed by atoms with Gasteiger partial charge in [0.15, 0.2) is 0 Å². The van der Waals surface area contributed by atoms with Gasteiger partial charge in [-0.3, -0.25) is 19.2 Å². The van der Waals surface area contributed by atoms with Crippen molar-refractivity contribution in [1.29, 1.82) is 0 Å². The van der Waals surface area contributed by atoms with Crippen LogP contribution in [-0.2, 0) is 38.1 Å². The Bertz CT molecular complexity index is 792. The summed E-state index contributed by atoms with van der Waals surface area (Å²) in [5.41, 5.74) is 1.18. The number of carbonyl (C=O) groups excluding carboxylic acids is 4. The van der Waals surface area contributed by atoms with Crippen LogP contribution in [0.5, 0.6) is 0 Å². The zero-order valence-electron chi connectivity index (χ0n) is 26.6. The van der Waals surface area contributed by atoms with Crippen LogP contribution in [0.1, 0.15) is 106 Å². The molecular weight excluding hydrogens is 528 g/mol. The lowest BCUT2D eigenvalue weighted by atomic mass is 9.76. The molecule has 1 saturated carbocycles. The fourth-order valence-corrected chi connectivity index (χ4v) is 4.86. The minimum Gasteiger partial charge on any atom is -0.462 e. The molecule has 0 aliphatic heterocycles. The van der Waals surface area contributed by atoms with Crippen LogP contribution in [0, 0.1) is 29.6 Å². The molecule has 5 unspecified atom stereocenters. The Morgan fingerprint density at radius 2 is 1.32 bits per heavy atom. The van der Waals surface area contributed by atoms with Gasteiger partial charge in [-0.05, 0) is 63.7 Å². The van der Waals surface area contributed by atoms with Crippen molar-refractivity contribution in [2.45, 2.75) is 106 Å². The first kappa shape index (κ1) is 38.6. The summed E-state index contributed by atoms with van der Waals surface area (Å²) < 4.78 is 20.0. The maximum atomic E-state index is 11.9. The molecule has 5 atom stereocenters. The third-order valence-corrected chi connectivity index (χ3v) is 7.35. The van der Waals surface area contributed by atoms with Gasteiger partial charge >= 0.3 is 23.9 Å². The van der Waals surface area contributed by atoms with E-state index in [1.807, 2.05) is 13.8 Å². The molecule has 2 aliphatic rings. The molecular formula is C32H56O9. The summed E-state index contributed by atoms with van der Waals surface area (Å²) in [5, 5.41) is 7.57. The molecule has 9 nitrogen and oxygen atoms in total. The van der Waals surface area contributed by atoms with Crippen molar-refractivity contribution in [3.8, 4) is 0 Å². The van der Waals surface area contributed by atoms with E-state index in [1.165, 1.54) is 24.8 Å². The quantitative estimate of drug-likeness (QED) is 0.131. The Hall–Kier alpha value is -2.42. The molecule has 41 heavy (non-hydrogen) atoms. The van der Waals surface area contributed by atoms with Crippen molar-refractivity contribution in [2.75, 3.05) is 33.0 Å². The monoisotopic (exact) mass is 584 g/mol. The van der Waals surface area contributed by atoms with Gasteiger partial charge in [0.2, 0.25) is 0 Å². The zero-order valence-corrected chi connectivity index (χ0v) is 26.6. The fourth-order valence-electron chi connectivity index (χ4n) is 4.86. The number of rotatable bonds is 12. The molecule has 0 saturated heterocycles. The number of hydrogen-bond acceptors (Lipinski definition) is 9. The minimum atomic E-state index is -0.270. The first-order valence-corrected chi connectivity index (χ1v) is 15.5. The largest absolute Gasteiger partial charge is 0.462 e. The third kappa shape index (κ3) is 17.9. The number of allylic oxidation sites excluding steroid dienone is 1. The summed E-state index contributed by atoms with van der Waals surface area (Å²) in [6.07, 6.45) is 10.9. The molecule has 0 heterocycles. The van der Waals surface area contributed by atoms with Gasteiger partial charge < -0.3 is 24.1 Å². The van der Waals surface area contributed by atoms with Crippen LogP contribution < -0.4 is 0 Å². The van der Waals surface area contributed by atoms with E-state index in [0.717, 1.165) is 25.7 Å². The average Bonchev–Trinajstić information content (AvgIpc) is 2.96. The van der Waals surface area contributed by atoms with E-state index in [-0.39, 0.29) is 68.7 Å². The fraction of sp³-hybridized carbons (Fsp3) is 0.812. The molecule has 0 spiro atoms. The molecule has 238 valence electrons. The number of esters is 4. The van der Waals surface area contributed by atoms with Crippen LogP contribution >= 0.6 is 0 Å². The summed E-state index contributed by atoms with van der Waals surface area (Å²) in [7, 11) is 0. The van der Waals surface area contributed by atoms with Gasteiger partial charge in [-0.1, -0.05) is 59.1 Å². The summed E-state index contributed by atoms with van der Waals surface area (Å²) in [6.45, 7) is 14.2. The lowest BCUT2D eigenvalue weighted by Crippen LogP contribution is -2.28. The van der Waals surface area contributed by atoms with Crippen LogP contribution in [0.2, 0.25) is 0 Å². The normalized spacial score (nSPS) is 21.3. The van der Waals surface area contributed by atoms with Crippen LogP contribution in [-0.4, -0.2) is 62.0 Å². The van der Waals surface area contributed by atoms with Crippen LogP contribution in [0.25, 0.3) is 0 Å². The molecule has 9 heteroatoms. The van der Waals surface area contributed by atoms with Crippen molar-refractivity contribution in [2.24, 2.45) is 29.6 Å². The van der Waals surface area contributed by atoms with Crippen LogP contribution in [0.15, 0.2) is 11.6 Å². The maximum Gasteiger partial charge on any atom is 0.312 e. The number of hydrogen-bond donors (Lipinski definition) is 1. The lowest BCUT2D eigenvalue weighted by molar-refractivity contribution is -0.156. The second-order valence-electron chi connectivity index (χ2n) is 11.0. The van der Waals surface area contributed by atoms with Gasteiger partial charge in [0, 0.05) is 19.4 Å². The molecule has 2 rings (SSSR count). The Labute approximate surface area is 247 Å². The second-order valence-corrected chi connectivity index (χ2v) is 11.0. The number of carbonyl (C=O) groups is 4. The smallest absolute Gasteiger partial charge is 0.312 e. The molecule has 1 N–H and O–H groups in total. The van der Waals surface area contributed by atoms with Gasteiger partial charge in [0.1, 0.15) is 26.4 Å². The highest BCUT2D eigenvalue weighted by atomic mass is 16.6. The van der Waals surface area contributed by atoms with E-state index in [0.29, 0.717) is 30.6 Å². The summed E-state index contributed by atoms with van der Waals surface area (Å²) in [4.78, 5) is 45.6. The molecule has 0 amide bonds. The highest BCUT2D eigenvalue weighted by Gasteiger charge is 2.29. The topological polar surface area (TPSA) is 125 Å². The van der Waals surface area contributed by atoms with Crippen LogP contribution in [0.3, 0.4) is 0 Å². The van der Waals surface area contributed by atoms with Crippen molar-refractivity contribution in [3.63, 3.8) is 0 Å². The molecule has 0 aromatic rings. The van der Waals surface area contributed by atoms with E-state index in [4.69, 9.17) is 24.1 Å². The van der Waals surface area contributed by atoms with Crippen molar-refractivity contribution in [1.82, 2.24) is 0 Å². The van der Waals surface area contributed by atoms with E-state index in [2.05, 4.69) is 19.9 Å². The molecule has 0 aromatic carbocycles. The first-order chi connectivity index (χ1) is 19.5. The van der Waals surface area contributed by atoms with Gasteiger partial charge in [0.25, 0.3) is 0 Å². The lowest BCUT2D eigenvalue weighted by Gasteiger charge is -2.30. The summed E-state index contributed by atoms with van der Waals surface area (Å²) in [5.74, 6) is 0.533. The molecule has 1 fully saturated rings. The maximum absolute atomic E-state index is 11.9. The summed E-state index contributed by atoms with van der Waals surface area (Å²) >= 11 is 0. The second kappa shape index (κ2) is 23.2. The van der Waals surface area contributed by atoms with Gasteiger partial charge in [-0.15, -0.1) is 0 Å². The van der Waals surface area contributed by atoms with E-state index >= 15 is 0 Å².